The lowest BCUT2D eigenvalue weighted by Gasteiger charge is -2.21. The van der Waals surface area contributed by atoms with Gasteiger partial charge < -0.3 is 10.2 Å². The Morgan fingerprint density at radius 2 is 1.67 bits per heavy atom. The summed E-state index contributed by atoms with van der Waals surface area (Å²) in [5, 5.41) is 3.75. The van der Waals surface area contributed by atoms with E-state index < -0.39 is 0 Å². The van der Waals surface area contributed by atoms with Gasteiger partial charge in [0, 0.05) is 35.0 Å². The Hall–Kier alpha value is -1.78. The Kier molecular flexibility index (Phi) is 5.59. The largest absolute Gasteiger partial charge is 0.357 e. The number of pyridine rings is 1. The number of nitrogens with zero attached hydrogens (tertiary/aromatic N) is 2. The van der Waals surface area contributed by atoms with Crippen LogP contribution >= 0.6 is 23.2 Å². The molecule has 0 aliphatic carbocycles. The van der Waals surface area contributed by atoms with Gasteiger partial charge in [0.25, 0.3) is 5.91 Å². The van der Waals surface area contributed by atoms with Gasteiger partial charge in [-0.1, -0.05) is 36.0 Å². The fraction of sp³-hybridized carbons (Fsp3) is 0.333. The van der Waals surface area contributed by atoms with Crippen molar-refractivity contribution in [1.82, 2.24) is 4.98 Å². The molecule has 3 rings (SSSR count). The van der Waals surface area contributed by atoms with Crippen LogP contribution in [0, 0.1) is 0 Å². The molecule has 1 amide bonds. The number of hydrogen-bond acceptors (Lipinski definition) is 3. The maximum atomic E-state index is 12.3. The van der Waals surface area contributed by atoms with Gasteiger partial charge in [0.05, 0.1) is 5.56 Å². The van der Waals surface area contributed by atoms with E-state index in [4.69, 9.17) is 23.2 Å². The first-order valence-corrected chi connectivity index (χ1v) is 8.86. The number of aromatic nitrogens is 1. The molecule has 1 aliphatic rings. The molecule has 0 saturated carbocycles. The number of halogens is 2. The van der Waals surface area contributed by atoms with Gasteiger partial charge in [-0.25, -0.2) is 4.98 Å². The van der Waals surface area contributed by atoms with Gasteiger partial charge >= 0.3 is 0 Å². The molecular formula is C18H19Cl2N3O. The van der Waals surface area contributed by atoms with Crippen LogP contribution in [-0.2, 0) is 0 Å². The second kappa shape index (κ2) is 7.86. The summed E-state index contributed by atoms with van der Waals surface area (Å²) in [6.45, 7) is 2.05. The van der Waals surface area contributed by atoms with Gasteiger partial charge in [-0.3, -0.25) is 4.79 Å². The maximum absolute atomic E-state index is 12.3. The van der Waals surface area contributed by atoms with E-state index >= 15 is 0 Å². The molecule has 1 aromatic heterocycles. The third kappa shape index (κ3) is 4.40. The molecule has 2 aromatic rings. The molecule has 1 saturated heterocycles. The van der Waals surface area contributed by atoms with Crippen LogP contribution in [0.15, 0.2) is 36.5 Å². The highest BCUT2D eigenvalue weighted by Crippen LogP contribution is 2.23. The van der Waals surface area contributed by atoms with Crippen LogP contribution in [0.25, 0.3) is 0 Å². The molecular weight excluding hydrogens is 345 g/mol. The van der Waals surface area contributed by atoms with Crippen molar-refractivity contribution in [3.05, 3.63) is 52.1 Å². The van der Waals surface area contributed by atoms with E-state index in [0.717, 1.165) is 18.9 Å². The lowest BCUT2D eigenvalue weighted by Crippen LogP contribution is -2.25. The fourth-order valence-corrected chi connectivity index (χ4v) is 3.36. The predicted octanol–water partition coefficient (Wildman–Crippen LogP) is 5.02. The Morgan fingerprint density at radius 1 is 1.00 bits per heavy atom. The van der Waals surface area contributed by atoms with Crippen LogP contribution in [0.1, 0.15) is 36.0 Å². The quantitative estimate of drug-likeness (QED) is 0.832. The van der Waals surface area contributed by atoms with Crippen molar-refractivity contribution in [2.75, 3.05) is 23.3 Å². The average Bonchev–Trinajstić information content (AvgIpc) is 2.83. The number of amides is 1. The minimum absolute atomic E-state index is 0.233. The lowest BCUT2D eigenvalue weighted by molar-refractivity contribution is 0.102. The van der Waals surface area contributed by atoms with Crippen molar-refractivity contribution in [3.63, 3.8) is 0 Å². The van der Waals surface area contributed by atoms with E-state index in [1.54, 1.807) is 30.5 Å². The van der Waals surface area contributed by atoms with Gasteiger partial charge in [0.1, 0.15) is 5.82 Å². The number of hydrogen-bond donors (Lipinski definition) is 1. The summed E-state index contributed by atoms with van der Waals surface area (Å²) in [4.78, 5) is 19.1. The Morgan fingerprint density at radius 3 is 2.25 bits per heavy atom. The first kappa shape index (κ1) is 17.1. The van der Waals surface area contributed by atoms with E-state index in [1.807, 2.05) is 6.07 Å². The molecule has 0 bridgehead atoms. The topological polar surface area (TPSA) is 45.2 Å². The Labute approximate surface area is 151 Å². The number of carbonyl (C=O) groups excluding carboxylic acids is 1. The van der Waals surface area contributed by atoms with E-state index in [1.165, 1.54) is 25.7 Å². The van der Waals surface area contributed by atoms with Gasteiger partial charge in [-0.05, 0) is 43.2 Å². The molecule has 24 heavy (non-hydrogen) atoms. The van der Waals surface area contributed by atoms with Crippen LogP contribution in [0.5, 0.6) is 0 Å². The standard InChI is InChI=1S/C18H19Cl2N3O/c19-14-9-15(20)11-16(10-14)22-18(24)13-5-6-17(21-12-13)23-7-3-1-2-4-8-23/h5-6,9-12H,1-4,7-8H2,(H,22,24). The molecule has 6 heteroatoms. The second-order valence-corrected chi connectivity index (χ2v) is 6.79. The maximum Gasteiger partial charge on any atom is 0.257 e. The highest BCUT2D eigenvalue weighted by atomic mass is 35.5. The molecule has 1 fully saturated rings. The number of anilines is 2. The minimum atomic E-state index is -0.233. The molecule has 1 N–H and O–H groups in total. The molecule has 126 valence electrons. The van der Waals surface area contributed by atoms with Crippen molar-refractivity contribution in [1.29, 1.82) is 0 Å². The summed E-state index contributed by atoms with van der Waals surface area (Å²) in [5.41, 5.74) is 1.07. The number of carbonyl (C=O) groups is 1. The zero-order chi connectivity index (χ0) is 16.9. The van der Waals surface area contributed by atoms with Crippen LogP contribution in [-0.4, -0.2) is 24.0 Å². The predicted molar refractivity (Wildman–Crippen MR) is 99.3 cm³/mol. The van der Waals surface area contributed by atoms with E-state index in [9.17, 15) is 4.79 Å². The van der Waals surface area contributed by atoms with Crippen LogP contribution < -0.4 is 10.2 Å². The molecule has 0 spiro atoms. The van der Waals surface area contributed by atoms with Crippen molar-refractivity contribution in [3.8, 4) is 0 Å². The van der Waals surface area contributed by atoms with Gasteiger partial charge in [-0.2, -0.15) is 0 Å². The molecule has 0 radical (unpaired) electrons. The van der Waals surface area contributed by atoms with Gasteiger partial charge in [-0.15, -0.1) is 0 Å². The highest BCUT2D eigenvalue weighted by Gasteiger charge is 2.13. The summed E-state index contributed by atoms with van der Waals surface area (Å²) < 4.78 is 0. The van der Waals surface area contributed by atoms with Crippen molar-refractivity contribution in [2.24, 2.45) is 0 Å². The SMILES string of the molecule is O=C(Nc1cc(Cl)cc(Cl)c1)c1ccc(N2CCCCCC2)nc1. The number of rotatable bonds is 3. The van der Waals surface area contributed by atoms with Crippen LogP contribution in [0.2, 0.25) is 10.0 Å². The minimum Gasteiger partial charge on any atom is -0.357 e. The second-order valence-electron chi connectivity index (χ2n) is 5.92. The molecule has 2 heterocycles. The highest BCUT2D eigenvalue weighted by molar-refractivity contribution is 6.35. The monoisotopic (exact) mass is 363 g/mol. The van der Waals surface area contributed by atoms with Crippen LogP contribution in [0.3, 0.4) is 0 Å². The number of nitrogens with one attached hydrogen (secondary N) is 1. The van der Waals surface area contributed by atoms with Crippen molar-refractivity contribution >= 4 is 40.6 Å². The Balaban J connectivity index is 1.69. The van der Waals surface area contributed by atoms with Crippen LogP contribution in [0.4, 0.5) is 11.5 Å². The average molecular weight is 364 g/mol. The fourth-order valence-electron chi connectivity index (χ4n) is 2.84. The molecule has 0 unspecified atom stereocenters. The summed E-state index contributed by atoms with van der Waals surface area (Å²) in [7, 11) is 0. The van der Waals surface area contributed by atoms with Gasteiger partial charge in [0.15, 0.2) is 0 Å². The summed E-state index contributed by atoms with van der Waals surface area (Å²) in [6.07, 6.45) is 6.55. The smallest absolute Gasteiger partial charge is 0.257 e. The lowest BCUT2D eigenvalue weighted by atomic mass is 10.2. The summed E-state index contributed by atoms with van der Waals surface area (Å²) >= 11 is 11.9. The molecule has 4 nitrogen and oxygen atoms in total. The third-order valence-corrected chi connectivity index (χ3v) is 4.50. The van der Waals surface area contributed by atoms with E-state index in [2.05, 4.69) is 15.2 Å². The van der Waals surface area contributed by atoms with E-state index in [-0.39, 0.29) is 5.91 Å². The summed E-state index contributed by atoms with van der Waals surface area (Å²) in [5.74, 6) is 0.697. The van der Waals surface area contributed by atoms with Crippen molar-refractivity contribution < 1.29 is 4.79 Å². The molecule has 1 aliphatic heterocycles. The first-order chi connectivity index (χ1) is 11.6. The zero-order valence-corrected chi connectivity index (χ0v) is 14.8. The van der Waals surface area contributed by atoms with Crippen molar-refractivity contribution in [2.45, 2.75) is 25.7 Å². The molecule has 1 aromatic carbocycles. The van der Waals surface area contributed by atoms with E-state index in [0.29, 0.717) is 21.3 Å². The first-order valence-electron chi connectivity index (χ1n) is 8.10. The molecule has 0 atom stereocenters. The number of benzene rings is 1. The van der Waals surface area contributed by atoms with Gasteiger partial charge in [0.2, 0.25) is 0 Å². The third-order valence-electron chi connectivity index (χ3n) is 4.06. The normalized spacial score (nSPS) is 15.0. The Bertz CT molecular complexity index is 690. The zero-order valence-electron chi connectivity index (χ0n) is 13.3. The summed E-state index contributed by atoms with van der Waals surface area (Å²) in [6, 6.07) is 8.64.